The summed E-state index contributed by atoms with van der Waals surface area (Å²) in [4.78, 5) is 11.8. The largest absolute Gasteiger partial charge is 0.345 e. The number of carbonyl (C=O) groups is 1. The van der Waals surface area contributed by atoms with Crippen LogP contribution in [-0.4, -0.2) is 5.91 Å². The highest BCUT2D eigenvalue weighted by Gasteiger charge is 2.11. The number of carbonyl (C=O) groups excluding carboxylic acids is 1. The molecule has 1 heterocycles. The topological polar surface area (TPSA) is 29.1 Å². The maximum atomic E-state index is 12.7. The lowest BCUT2D eigenvalue weighted by Crippen LogP contribution is -2.26. The molecule has 17 heavy (non-hydrogen) atoms. The van der Waals surface area contributed by atoms with Crippen LogP contribution in [0.25, 0.3) is 0 Å². The van der Waals surface area contributed by atoms with Gasteiger partial charge in [-0.1, -0.05) is 12.1 Å². The summed E-state index contributed by atoms with van der Waals surface area (Å²) >= 11 is 1.48. The zero-order valence-electron chi connectivity index (χ0n) is 9.31. The van der Waals surface area contributed by atoms with Gasteiger partial charge in [-0.05, 0) is 36.1 Å². The number of amides is 1. The zero-order chi connectivity index (χ0) is 12.3. The zero-order valence-corrected chi connectivity index (χ0v) is 10.1. The molecule has 4 heteroatoms. The molecule has 0 saturated heterocycles. The van der Waals surface area contributed by atoms with Crippen LogP contribution in [0, 0.1) is 5.82 Å². The molecule has 2 aromatic rings. The van der Waals surface area contributed by atoms with Gasteiger partial charge >= 0.3 is 0 Å². The molecular weight excluding hydrogens is 237 g/mol. The van der Waals surface area contributed by atoms with E-state index in [2.05, 4.69) is 5.32 Å². The molecule has 0 aliphatic rings. The van der Waals surface area contributed by atoms with Crippen molar-refractivity contribution in [2.24, 2.45) is 0 Å². The average Bonchev–Trinajstić information content (AvgIpc) is 2.83. The molecule has 0 spiro atoms. The number of thiophene rings is 1. The number of nitrogens with one attached hydrogen (secondary N) is 1. The number of rotatable bonds is 3. The standard InChI is InChI=1S/C13H12FNOS/c1-9(10-2-4-12(14)5-3-10)15-13(16)11-6-7-17-8-11/h2-9H,1H3,(H,15,16)/t9-/m1/s1. The summed E-state index contributed by atoms with van der Waals surface area (Å²) in [6.45, 7) is 1.87. The van der Waals surface area contributed by atoms with Crippen molar-refractivity contribution in [3.05, 3.63) is 58.0 Å². The van der Waals surface area contributed by atoms with Crippen LogP contribution in [0.3, 0.4) is 0 Å². The summed E-state index contributed by atoms with van der Waals surface area (Å²) in [5, 5.41) is 6.52. The predicted octanol–water partition coefficient (Wildman–Crippen LogP) is 3.38. The van der Waals surface area contributed by atoms with Gasteiger partial charge in [0.25, 0.3) is 5.91 Å². The maximum absolute atomic E-state index is 12.7. The fraction of sp³-hybridized carbons (Fsp3) is 0.154. The molecule has 0 unspecified atom stereocenters. The highest BCUT2D eigenvalue weighted by Crippen LogP contribution is 2.14. The van der Waals surface area contributed by atoms with E-state index in [0.29, 0.717) is 5.56 Å². The van der Waals surface area contributed by atoms with E-state index < -0.39 is 0 Å². The Morgan fingerprint density at radius 1 is 1.29 bits per heavy atom. The third kappa shape index (κ3) is 2.91. The second kappa shape index (κ2) is 5.10. The number of hydrogen-bond acceptors (Lipinski definition) is 2. The van der Waals surface area contributed by atoms with E-state index in [9.17, 15) is 9.18 Å². The van der Waals surface area contributed by atoms with Crippen LogP contribution in [0.5, 0.6) is 0 Å². The van der Waals surface area contributed by atoms with E-state index in [1.807, 2.05) is 12.3 Å². The lowest BCUT2D eigenvalue weighted by atomic mass is 10.1. The first-order chi connectivity index (χ1) is 8.16. The first kappa shape index (κ1) is 11.8. The minimum Gasteiger partial charge on any atom is -0.345 e. The highest BCUT2D eigenvalue weighted by atomic mass is 32.1. The predicted molar refractivity (Wildman–Crippen MR) is 66.6 cm³/mol. The third-order valence-corrected chi connectivity index (χ3v) is 3.18. The van der Waals surface area contributed by atoms with E-state index in [0.717, 1.165) is 5.56 Å². The number of halogens is 1. The first-order valence-corrected chi connectivity index (χ1v) is 6.19. The average molecular weight is 249 g/mol. The molecule has 0 fully saturated rings. The highest BCUT2D eigenvalue weighted by molar-refractivity contribution is 7.08. The molecule has 1 atom stereocenters. The summed E-state index contributed by atoms with van der Waals surface area (Å²) in [5.74, 6) is -0.381. The Hall–Kier alpha value is -1.68. The molecule has 2 rings (SSSR count). The molecular formula is C13H12FNOS. The fourth-order valence-corrected chi connectivity index (χ4v) is 2.14. The van der Waals surface area contributed by atoms with Crippen molar-refractivity contribution in [2.45, 2.75) is 13.0 Å². The van der Waals surface area contributed by atoms with E-state index in [1.165, 1.54) is 23.5 Å². The number of benzene rings is 1. The Kier molecular flexibility index (Phi) is 3.54. The van der Waals surface area contributed by atoms with E-state index in [-0.39, 0.29) is 17.8 Å². The molecule has 88 valence electrons. The van der Waals surface area contributed by atoms with Gasteiger partial charge in [0, 0.05) is 5.38 Å². The second-order valence-corrected chi connectivity index (χ2v) is 4.54. The fourth-order valence-electron chi connectivity index (χ4n) is 1.51. The Balaban J connectivity index is 2.04. The molecule has 1 aromatic heterocycles. The lowest BCUT2D eigenvalue weighted by Gasteiger charge is -2.13. The molecule has 0 bridgehead atoms. The lowest BCUT2D eigenvalue weighted by molar-refractivity contribution is 0.0940. The molecule has 2 nitrogen and oxygen atoms in total. The quantitative estimate of drug-likeness (QED) is 0.887. The molecule has 0 radical (unpaired) electrons. The van der Waals surface area contributed by atoms with Gasteiger partial charge in [-0.15, -0.1) is 0 Å². The van der Waals surface area contributed by atoms with Gasteiger partial charge in [-0.25, -0.2) is 4.39 Å². The Labute approximate surface area is 103 Å². The smallest absolute Gasteiger partial charge is 0.252 e. The van der Waals surface area contributed by atoms with Crippen molar-refractivity contribution >= 4 is 17.2 Å². The second-order valence-electron chi connectivity index (χ2n) is 3.76. The van der Waals surface area contributed by atoms with E-state index >= 15 is 0 Å². The molecule has 0 aliphatic carbocycles. The van der Waals surface area contributed by atoms with Crippen LogP contribution >= 0.6 is 11.3 Å². The van der Waals surface area contributed by atoms with Crippen LogP contribution in [0.1, 0.15) is 28.9 Å². The van der Waals surface area contributed by atoms with Gasteiger partial charge < -0.3 is 5.32 Å². The third-order valence-electron chi connectivity index (χ3n) is 2.50. The molecule has 0 saturated carbocycles. The molecule has 1 aromatic carbocycles. The van der Waals surface area contributed by atoms with Crippen LogP contribution in [-0.2, 0) is 0 Å². The van der Waals surface area contributed by atoms with Crippen molar-refractivity contribution < 1.29 is 9.18 Å². The first-order valence-electron chi connectivity index (χ1n) is 5.25. The van der Waals surface area contributed by atoms with Gasteiger partial charge in [0.2, 0.25) is 0 Å². The van der Waals surface area contributed by atoms with Crippen molar-refractivity contribution in [2.75, 3.05) is 0 Å². The van der Waals surface area contributed by atoms with Crippen LogP contribution in [0.2, 0.25) is 0 Å². The maximum Gasteiger partial charge on any atom is 0.252 e. The van der Waals surface area contributed by atoms with Crippen molar-refractivity contribution in [1.82, 2.24) is 5.32 Å². The van der Waals surface area contributed by atoms with E-state index in [1.54, 1.807) is 23.6 Å². The normalized spacial score (nSPS) is 12.1. The summed E-state index contributed by atoms with van der Waals surface area (Å²) < 4.78 is 12.7. The monoisotopic (exact) mass is 249 g/mol. The summed E-state index contributed by atoms with van der Waals surface area (Å²) in [7, 11) is 0. The van der Waals surface area contributed by atoms with Crippen LogP contribution in [0.4, 0.5) is 4.39 Å². The summed E-state index contributed by atoms with van der Waals surface area (Å²) in [5.41, 5.74) is 1.54. The molecule has 0 aliphatic heterocycles. The van der Waals surface area contributed by atoms with Gasteiger partial charge in [0.05, 0.1) is 11.6 Å². The minimum atomic E-state index is -0.273. The van der Waals surface area contributed by atoms with Gasteiger partial charge in [-0.2, -0.15) is 11.3 Å². The Morgan fingerprint density at radius 3 is 2.59 bits per heavy atom. The van der Waals surface area contributed by atoms with Crippen molar-refractivity contribution in [1.29, 1.82) is 0 Å². The summed E-state index contributed by atoms with van der Waals surface area (Å²) in [6.07, 6.45) is 0. The summed E-state index contributed by atoms with van der Waals surface area (Å²) in [6, 6.07) is 7.77. The molecule has 1 amide bonds. The Bertz CT molecular complexity index is 493. The van der Waals surface area contributed by atoms with Gasteiger partial charge in [-0.3, -0.25) is 4.79 Å². The van der Waals surface area contributed by atoms with Gasteiger partial charge in [0.1, 0.15) is 5.82 Å². The SMILES string of the molecule is C[C@@H](NC(=O)c1ccsc1)c1ccc(F)cc1. The number of hydrogen-bond donors (Lipinski definition) is 1. The van der Waals surface area contributed by atoms with Gasteiger partial charge in [0.15, 0.2) is 0 Å². The van der Waals surface area contributed by atoms with Crippen molar-refractivity contribution in [3.8, 4) is 0 Å². The van der Waals surface area contributed by atoms with Crippen LogP contribution in [0.15, 0.2) is 41.1 Å². The van der Waals surface area contributed by atoms with E-state index in [4.69, 9.17) is 0 Å². The van der Waals surface area contributed by atoms with Crippen LogP contribution < -0.4 is 5.32 Å². The minimum absolute atomic E-state index is 0.108. The Morgan fingerprint density at radius 2 is 2.00 bits per heavy atom. The van der Waals surface area contributed by atoms with Crippen molar-refractivity contribution in [3.63, 3.8) is 0 Å². The molecule has 1 N–H and O–H groups in total.